The predicted octanol–water partition coefficient (Wildman–Crippen LogP) is 1.91. The molecule has 3 aliphatic rings. The Morgan fingerprint density at radius 2 is 1.70 bits per heavy atom. The number of benzene rings is 1. The molecule has 0 spiro atoms. The molecule has 23 heavy (non-hydrogen) atoms. The maximum atomic E-state index is 12.8. The second kappa shape index (κ2) is 4.20. The molecule has 2 fully saturated rings. The molecule has 0 unspecified atom stereocenters. The van der Waals surface area contributed by atoms with E-state index >= 15 is 0 Å². The summed E-state index contributed by atoms with van der Waals surface area (Å²) in [6.45, 7) is 0. The van der Waals surface area contributed by atoms with Crippen LogP contribution in [0.1, 0.15) is 6.42 Å². The van der Waals surface area contributed by atoms with Gasteiger partial charge in [-0.2, -0.15) is 0 Å². The molecule has 116 valence electrons. The topological polar surface area (TPSA) is 59.4 Å². The minimum Gasteiger partial charge on any atom is -0.302 e. The molecule has 1 saturated carbocycles. The van der Waals surface area contributed by atoms with Gasteiger partial charge in [0.2, 0.25) is 11.8 Å². The molecule has 0 N–H and O–H groups in total. The van der Waals surface area contributed by atoms with E-state index in [1.54, 1.807) is 23.7 Å². The lowest BCUT2D eigenvalue weighted by atomic mass is 9.85. The fraction of sp³-hybridized carbons (Fsp3) is 0.353. The van der Waals surface area contributed by atoms with Crippen molar-refractivity contribution in [1.82, 2.24) is 4.57 Å². The molecule has 1 saturated heterocycles. The largest absolute Gasteiger partial charge is 0.307 e. The first-order chi connectivity index (χ1) is 11.1. The van der Waals surface area contributed by atoms with Crippen molar-refractivity contribution in [3.8, 4) is 0 Å². The molecule has 2 heterocycles. The number of rotatable bonds is 1. The van der Waals surface area contributed by atoms with Gasteiger partial charge in [-0.05, 0) is 36.5 Å². The van der Waals surface area contributed by atoms with E-state index in [2.05, 4.69) is 12.2 Å². The summed E-state index contributed by atoms with van der Waals surface area (Å²) in [7, 11) is 1.72. The Morgan fingerprint density at radius 1 is 1.04 bits per heavy atom. The SMILES string of the molecule is Cn1c(=O)sc2cc(N3C(=O)[C@@H]4[C@H](C3=O)[C@@H]3C=C[C@H]4C3)ccc21. The minimum absolute atomic E-state index is 0.0460. The zero-order chi connectivity index (χ0) is 15.9. The van der Waals surface area contributed by atoms with Crippen molar-refractivity contribution in [2.24, 2.45) is 30.7 Å². The Hall–Kier alpha value is -2.21. The highest BCUT2D eigenvalue weighted by Gasteiger charge is 2.59. The second-order valence-electron chi connectivity index (χ2n) is 6.59. The number of hydrogen-bond acceptors (Lipinski definition) is 4. The highest BCUT2D eigenvalue weighted by molar-refractivity contribution is 7.16. The van der Waals surface area contributed by atoms with Gasteiger partial charge >= 0.3 is 4.87 Å². The van der Waals surface area contributed by atoms with Crippen LogP contribution in [0.4, 0.5) is 5.69 Å². The summed E-state index contributed by atoms with van der Waals surface area (Å²) in [4.78, 5) is 38.7. The van der Waals surface area contributed by atoms with Gasteiger partial charge in [0.25, 0.3) is 0 Å². The molecule has 1 aromatic carbocycles. The van der Waals surface area contributed by atoms with Crippen LogP contribution < -0.4 is 9.77 Å². The van der Waals surface area contributed by atoms with E-state index in [4.69, 9.17) is 0 Å². The first kappa shape index (κ1) is 13.2. The van der Waals surface area contributed by atoms with Crippen LogP contribution in [-0.2, 0) is 16.6 Å². The van der Waals surface area contributed by atoms with Crippen LogP contribution in [0.3, 0.4) is 0 Å². The summed E-state index contributed by atoms with van der Waals surface area (Å²) in [6.07, 6.45) is 5.11. The average Bonchev–Trinajstić information content (AvgIpc) is 3.25. The summed E-state index contributed by atoms with van der Waals surface area (Å²) in [5, 5.41) is 0. The maximum Gasteiger partial charge on any atom is 0.307 e. The van der Waals surface area contributed by atoms with E-state index in [1.165, 1.54) is 4.90 Å². The number of nitrogens with zero attached hydrogens (tertiary/aromatic N) is 2. The van der Waals surface area contributed by atoms with E-state index in [9.17, 15) is 14.4 Å². The van der Waals surface area contributed by atoms with Gasteiger partial charge in [-0.3, -0.25) is 14.4 Å². The van der Waals surface area contributed by atoms with Gasteiger partial charge in [-0.15, -0.1) is 0 Å². The lowest BCUT2D eigenvalue weighted by molar-refractivity contribution is -0.123. The maximum absolute atomic E-state index is 12.8. The number of anilines is 1. The zero-order valence-corrected chi connectivity index (χ0v) is 13.2. The van der Waals surface area contributed by atoms with Crippen molar-refractivity contribution in [3.63, 3.8) is 0 Å². The number of imide groups is 1. The van der Waals surface area contributed by atoms with Gasteiger partial charge in [0.05, 0.1) is 27.7 Å². The number of hydrogen-bond donors (Lipinski definition) is 0. The number of amides is 2. The van der Waals surface area contributed by atoms with Crippen molar-refractivity contribution >= 4 is 39.1 Å². The summed E-state index contributed by atoms with van der Waals surface area (Å²) < 4.78 is 2.38. The molecule has 0 radical (unpaired) electrons. The number of thiazole rings is 1. The summed E-state index contributed by atoms with van der Waals surface area (Å²) in [5.41, 5.74) is 1.41. The highest BCUT2D eigenvalue weighted by atomic mass is 32.1. The second-order valence-corrected chi connectivity index (χ2v) is 7.58. The number of aromatic nitrogens is 1. The van der Waals surface area contributed by atoms with Gasteiger partial charge in [0.15, 0.2) is 0 Å². The van der Waals surface area contributed by atoms with Crippen LogP contribution in [-0.4, -0.2) is 16.4 Å². The van der Waals surface area contributed by atoms with Crippen molar-refractivity contribution < 1.29 is 9.59 Å². The normalized spacial score (nSPS) is 31.6. The first-order valence-electron chi connectivity index (χ1n) is 7.72. The van der Waals surface area contributed by atoms with Crippen molar-refractivity contribution in [2.75, 3.05) is 4.90 Å². The van der Waals surface area contributed by atoms with E-state index < -0.39 is 0 Å². The fourth-order valence-corrected chi connectivity index (χ4v) is 5.33. The van der Waals surface area contributed by atoms with E-state index in [0.717, 1.165) is 28.0 Å². The van der Waals surface area contributed by atoms with Gasteiger partial charge in [0.1, 0.15) is 0 Å². The standard InChI is InChI=1S/C17H14N2O3S/c1-18-11-5-4-10(7-12(11)23-17(18)22)19-15(20)13-8-2-3-9(6-8)14(13)16(19)21/h2-5,7-9,13-14H,6H2,1H3/t8-,9+,13-,14+. The van der Waals surface area contributed by atoms with Crippen LogP contribution in [0.25, 0.3) is 10.2 Å². The van der Waals surface area contributed by atoms with Crippen molar-refractivity contribution in [3.05, 3.63) is 40.0 Å². The van der Waals surface area contributed by atoms with Crippen LogP contribution in [0.15, 0.2) is 35.1 Å². The summed E-state index contributed by atoms with van der Waals surface area (Å²) >= 11 is 1.13. The number of aryl methyl sites for hydroxylation is 1. The predicted molar refractivity (Wildman–Crippen MR) is 87.3 cm³/mol. The van der Waals surface area contributed by atoms with Gasteiger partial charge < -0.3 is 4.57 Å². The van der Waals surface area contributed by atoms with Crippen LogP contribution in [0.5, 0.6) is 0 Å². The first-order valence-corrected chi connectivity index (χ1v) is 8.53. The Bertz CT molecular complexity index is 940. The molecule has 5 rings (SSSR count). The lowest BCUT2D eigenvalue weighted by Gasteiger charge is -2.17. The molecule has 1 aliphatic heterocycles. The monoisotopic (exact) mass is 326 g/mol. The molecule has 2 aliphatic carbocycles. The molecular weight excluding hydrogens is 312 g/mol. The smallest absolute Gasteiger partial charge is 0.302 e. The lowest BCUT2D eigenvalue weighted by Crippen LogP contribution is -2.32. The average molecular weight is 326 g/mol. The molecule has 2 aromatic rings. The molecule has 2 bridgehead atoms. The number of fused-ring (bicyclic) bond motifs is 6. The van der Waals surface area contributed by atoms with E-state index in [-0.39, 0.29) is 40.4 Å². The van der Waals surface area contributed by atoms with E-state index in [0.29, 0.717) is 5.69 Å². The fourth-order valence-electron chi connectivity index (χ4n) is 4.42. The molecule has 1 aromatic heterocycles. The summed E-state index contributed by atoms with van der Waals surface area (Å²) in [6, 6.07) is 5.36. The van der Waals surface area contributed by atoms with Crippen molar-refractivity contribution in [2.45, 2.75) is 6.42 Å². The minimum atomic E-state index is -0.192. The quantitative estimate of drug-likeness (QED) is 0.594. The molecule has 5 nitrogen and oxygen atoms in total. The molecule has 4 atom stereocenters. The van der Waals surface area contributed by atoms with E-state index in [1.807, 2.05) is 6.07 Å². The third-order valence-electron chi connectivity index (χ3n) is 5.50. The number of allylic oxidation sites excluding steroid dienone is 2. The van der Waals surface area contributed by atoms with Crippen LogP contribution >= 0.6 is 11.3 Å². The van der Waals surface area contributed by atoms with Crippen LogP contribution in [0.2, 0.25) is 0 Å². The van der Waals surface area contributed by atoms with Gasteiger partial charge in [-0.25, -0.2) is 4.90 Å². The van der Waals surface area contributed by atoms with Gasteiger partial charge in [-0.1, -0.05) is 23.5 Å². The number of carbonyl (C=O) groups is 2. The number of carbonyl (C=O) groups excluding carboxylic acids is 2. The van der Waals surface area contributed by atoms with Gasteiger partial charge in [0, 0.05) is 7.05 Å². The zero-order valence-electron chi connectivity index (χ0n) is 12.4. The summed E-state index contributed by atoms with van der Waals surface area (Å²) in [5.74, 6) is -0.129. The molecular formula is C17H14N2O3S. The Morgan fingerprint density at radius 3 is 2.35 bits per heavy atom. The Balaban J connectivity index is 1.61. The van der Waals surface area contributed by atoms with Crippen LogP contribution in [0, 0.1) is 23.7 Å². The third-order valence-corrected chi connectivity index (χ3v) is 6.50. The Labute approximate surface area is 135 Å². The molecule has 6 heteroatoms. The Kier molecular flexibility index (Phi) is 2.42. The van der Waals surface area contributed by atoms with Crippen molar-refractivity contribution in [1.29, 1.82) is 0 Å². The molecule has 2 amide bonds. The highest BCUT2D eigenvalue weighted by Crippen LogP contribution is 2.53. The third kappa shape index (κ3) is 1.54.